The molecule has 0 saturated carbocycles. The Morgan fingerprint density at radius 2 is 1.94 bits per heavy atom. The van der Waals surface area contributed by atoms with Gasteiger partial charge in [0.15, 0.2) is 0 Å². The smallest absolute Gasteiger partial charge is 0.0963 e. The summed E-state index contributed by atoms with van der Waals surface area (Å²) in [4.78, 5) is 0. The van der Waals surface area contributed by atoms with Crippen LogP contribution in [0.5, 0.6) is 0 Å². The summed E-state index contributed by atoms with van der Waals surface area (Å²) in [5.41, 5.74) is 1.13. The fourth-order valence-corrected chi connectivity index (χ4v) is 1.85. The maximum Gasteiger partial charge on any atom is 0.0963 e. The molecule has 0 radical (unpaired) electrons. The van der Waals surface area contributed by atoms with Crippen LogP contribution >= 0.6 is 11.6 Å². The van der Waals surface area contributed by atoms with Crippen molar-refractivity contribution < 1.29 is 4.74 Å². The molecule has 0 aliphatic carbocycles. The van der Waals surface area contributed by atoms with Crippen LogP contribution in [-0.4, -0.2) is 18.7 Å². The van der Waals surface area contributed by atoms with Gasteiger partial charge in [0.05, 0.1) is 6.10 Å². The predicted molar refractivity (Wildman–Crippen MR) is 73.6 cm³/mol. The van der Waals surface area contributed by atoms with Crippen molar-refractivity contribution in [3.63, 3.8) is 0 Å². The Balaban J connectivity index is 2.75. The third-order valence-corrected chi connectivity index (χ3v) is 2.78. The predicted octanol–water partition coefficient (Wildman–Crippen LogP) is 3.81. The van der Waals surface area contributed by atoms with Crippen LogP contribution < -0.4 is 5.32 Å². The van der Waals surface area contributed by atoms with Gasteiger partial charge in [-0.25, -0.2) is 0 Å². The van der Waals surface area contributed by atoms with Gasteiger partial charge in [-0.3, -0.25) is 0 Å². The van der Waals surface area contributed by atoms with Crippen LogP contribution in [0.15, 0.2) is 24.3 Å². The zero-order valence-corrected chi connectivity index (χ0v) is 11.8. The van der Waals surface area contributed by atoms with E-state index in [4.69, 9.17) is 16.3 Å². The second-order valence-corrected chi connectivity index (χ2v) is 5.50. The minimum Gasteiger partial charge on any atom is -0.372 e. The van der Waals surface area contributed by atoms with Crippen LogP contribution in [0.2, 0.25) is 5.02 Å². The van der Waals surface area contributed by atoms with Crippen molar-refractivity contribution in [2.45, 2.75) is 39.3 Å². The molecule has 1 rings (SSSR count). The summed E-state index contributed by atoms with van der Waals surface area (Å²) in [6.45, 7) is 9.87. The molecule has 3 heteroatoms. The Hall–Kier alpha value is -0.570. The van der Waals surface area contributed by atoms with Crippen LogP contribution in [0.3, 0.4) is 0 Å². The number of ether oxygens (including phenoxy) is 1. The van der Waals surface area contributed by atoms with Crippen LogP contribution in [0.25, 0.3) is 0 Å². The quantitative estimate of drug-likeness (QED) is 0.864. The maximum atomic E-state index is 6.20. The van der Waals surface area contributed by atoms with E-state index in [0.717, 1.165) is 17.1 Å². The van der Waals surface area contributed by atoms with Gasteiger partial charge in [-0.15, -0.1) is 0 Å². The van der Waals surface area contributed by atoms with E-state index in [0.29, 0.717) is 6.61 Å². The molecule has 0 spiro atoms. The number of nitrogens with one attached hydrogen (secondary N) is 1. The molecular weight excluding hydrogens is 234 g/mol. The Labute approximate surface area is 109 Å². The van der Waals surface area contributed by atoms with Crippen molar-refractivity contribution >= 4 is 11.6 Å². The lowest BCUT2D eigenvalue weighted by molar-refractivity contribution is 0.0577. The van der Waals surface area contributed by atoms with Crippen LogP contribution in [0.4, 0.5) is 0 Å². The van der Waals surface area contributed by atoms with Crippen molar-refractivity contribution in [1.29, 1.82) is 0 Å². The molecule has 1 N–H and O–H groups in total. The first-order valence-electron chi connectivity index (χ1n) is 6.05. The van der Waals surface area contributed by atoms with Crippen molar-refractivity contribution in [2.24, 2.45) is 0 Å². The molecule has 1 unspecified atom stereocenters. The molecule has 1 aromatic carbocycles. The van der Waals surface area contributed by atoms with E-state index in [-0.39, 0.29) is 11.6 Å². The van der Waals surface area contributed by atoms with Crippen LogP contribution in [-0.2, 0) is 4.74 Å². The van der Waals surface area contributed by atoms with Gasteiger partial charge in [0.25, 0.3) is 0 Å². The van der Waals surface area contributed by atoms with Crippen molar-refractivity contribution in [3.05, 3.63) is 34.9 Å². The number of benzene rings is 1. The highest BCUT2D eigenvalue weighted by Gasteiger charge is 2.17. The summed E-state index contributed by atoms with van der Waals surface area (Å²) in [6, 6.07) is 7.85. The summed E-state index contributed by atoms with van der Waals surface area (Å²) in [6.07, 6.45) is 0.00734. The summed E-state index contributed by atoms with van der Waals surface area (Å²) in [5, 5.41) is 4.21. The third-order valence-electron chi connectivity index (χ3n) is 2.44. The Morgan fingerprint density at radius 3 is 2.47 bits per heavy atom. The molecule has 0 saturated heterocycles. The average Bonchev–Trinajstić information content (AvgIpc) is 2.24. The fraction of sp³-hybridized carbons (Fsp3) is 0.571. The summed E-state index contributed by atoms with van der Waals surface area (Å²) in [7, 11) is 0. The van der Waals surface area contributed by atoms with Crippen molar-refractivity contribution in [1.82, 2.24) is 5.32 Å². The molecule has 17 heavy (non-hydrogen) atoms. The molecule has 96 valence electrons. The number of rotatable bonds is 5. The lowest BCUT2D eigenvalue weighted by Crippen LogP contribution is -2.39. The topological polar surface area (TPSA) is 21.3 Å². The van der Waals surface area contributed by atoms with Gasteiger partial charge < -0.3 is 10.1 Å². The standard InChI is InChI=1S/C14H22ClNO/c1-5-17-13(10-16-14(2,3)4)11-8-6-7-9-12(11)15/h6-9,13,16H,5,10H2,1-4H3. The van der Waals surface area contributed by atoms with E-state index in [1.807, 2.05) is 31.2 Å². The molecule has 2 nitrogen and oxygen atoms in total. The van der Waals surface area contributed by atoms with Gasteiger partial charge >= 0.3 is 0 Å². The zero-order chi connectivity index (χ0) is 12.9. The van der Waals surface area contributed by atoms with Gasteiger partial charge in [-0.1, -0.05) is 29.8 Å². The van der Waals surface area contributed by atoms with Crippen molar-refractivity contribution in [2.75, 3.05) is 13.2 Å². The second-order valence-electron chi connectivity index (χ2n) is 5.10. The average molecular weight is 256 g/mol. The minimum absolute atomic E-state index is 0.00734. The summed E-state index contributed by atoms with van der Waals surface area (Å²) < 4.78 is 5.76. The molecular formula is C14H22ClNO. The highest BCUT2D eigenvalue weighted by atomic mass is 35.5. The fourth-order valence-electron chi connectivity index (χ4n) is 1.59. The molecule has 0 aromatic heterocycles. The SMILES string of the molecule is CCOC(CNC(C)(C)C)c1ccccc1Cl. The van der Waals surface area contributed by atoms with Crippen LogP contribution in [0, 0.1) is 0 Å². The normalized spacial score (nSPS) is 13.7. The number of hydrogen-bond acceptors (Lipinski definition) is 2. The molecule has 1 atom stereocenters. The van der Waals surface area contributed by atoms with E-state index < -0.39 is 0 Å². The molecule has 0 amide bonds. The lowest BCUT2D eigenvalue weighted by Gasteiger charge is -2.26. The highest BCUT2D eigenvalue weighted by molar-refractivity contribution is 6.31. The van der Waals surface area contributed by atoms with Gasteiger partial charge in [0.2, 0.25) is 0 Å². The summed E-state index contributed by atoms with van der Waals surface area (Å²) in [5.74, 6) is 0. The first-order chi connectivity index (χ1) is 7.94. The highest BCUT2D eigenvalue weighted by Crippen LogP contribution is 2.25. The molecule has 0 fully saturated rings. The molecule has 1 aromatic rings. The van der Waals surface area contributed by atoms with Crippen molar-refractivity contribution in [3.8, 4) is 0 Å². The molecule has 0 bridgehead atoms. The molecule has 0 aliphatic rings. The Kier molecular flexibility index (Phi) is 5.44. The maximum absolute atomic E-state index is 6.20. The monoisotopic (exact) mass is 255 g/mol. The number of hydrogen-bond donors (Lipinski definition) is 1. The molecule has 0 heterocycles. The van der Waals surface area contributed by atoms with Gasteiger partial charge in [-0.2, -0.15) is 0 Å². The van der Waals surface area contributed by atoms with Gasteiger partial charge in [0.1, 0.15) is 0 Å². The lowest BCUT2D eigenvalue weighted by atomic mass is 10.1. The first kappa shape index (κ1) is 14.5. The van der Waals surface area contributed by atoms with E-state index in [1.165, 1.54) is 0 Å². The first-order valence-corrected chi connectivity index (χ1v) is 6.43. The second kappa shape index (κ2) is 6.39. The van der Waals surface area contributed by atoms with Gasteiger partial charge in [0, 0.05) is 29.3 Å². The number of halogens is 1. The zero-order valence-electron chi connectivity index (χ0n) is 11.1. The van der Waals surface area contributed by atoms with E-state index >= 15 is 0 Å². The Bertz CT molecular complexity index is 346. The van der Waals surface area contributed by atoms with E-state index in [1.54, 1.807) is 0 Å². The van der Waals surface area contributed by atoms with E-state index in [9.17, 15) is 0 Å². The van der Waals surface area contributed by atoms with Gasteiger partial charge in [-0.05, 0) is 33.8 Å². The minimum atomic E-state index is 0.00734. The van der Waals surface area contributed by atoms with Crippen LogP contribution in [0.1, 0.15) is 39.4 Å². The molecule has 0 aliphatic heterocycles. The largest absolute Gasteiger partial charge is 0.372 e. The van der Waals surface area contributed by atoms with E-state index in [2.05, 4.69) is 26.1 Å². The Morgan fingerprint density at radius 1 is 1.29 bits per heavy atom. The summed E-state index contributed by atoms with van der Waals surface area (Å²) >= 11 is 6.20. The third kappa shape index (κ3) is 5.07.